The lowest BCUT2D eigenvalue weighted by Crippen LogP contribution is -2.14. The first-order chi connectivity index (χ1) is 13.2. The number of carbonyl (C=O) groups is 2. The van der Waals surface area contributed by atoms with Gasteiger partial charge in [-0.2, -0.15) is 0 Å². The Morgan fingerprint density at radius 2 is 1.56 bits per heavy atom. The van der Waals surface area contributed by atoms with Crippen LogP contribution >= 0.6 is 0 Å². The molecule has 134 valence electrons. The number of ether oxygens (including phenoxy) is 1. The molecule has 4 rings (SSSR count). The Hall–Kier alpha value is -3.24. The van der Waals surface area contributed by atoms with Gasteiger partial charge in [0.1, 0.15) is 0 Å². The predicted molar refractivity (Wildman–Crippen MR) is 102 cm³/mol. The molecule has 0 bridgehead atoms. The normalized spacial score (nSPS) is 11.6. The fraction of sp³-hybridized carbons (Fsp3) is 0.130. The number of carbonyl (C=O) groups excluding carboxylic acids is 2. The van der Waals surface area contributed by atoms with Gasteiger partial charge in [-0.1, -0.05) is 48.5 Å². The minimum Gasteiger partial charge on any atom is -0.454 e. The minimum atomic E-state index is -0.556. The minimum absolute atomic E-state index is 0.0880. The van der Waals surface area contributed by atoms with Gasteiger partial charge >= 0.3 is 5.97 Å². The van der Waals surface area contributed by atoms with Crippen LogP contribution in [0.25, 0.3) is 11.1 Å². The second-order valence-corrected chi connectivity index (χ2v) is 6.56. The van der Waals surface area contributed by atoms with Gasteiger partial charge in [0, 0.05) is 5.56 Å². The van der Waals surface area contributed by atoms with Crippen LogP contribution in [-0.2, 0) is 17.8 Å². The molecule has 0 heterocycles. The standard InChI is InChI=1S/C23H18O4/c24-13-15-5-7-16(8-6-15)23(26)27-14-22(25)19-10-9-18-11-17-3-1-2-4-20(17)21(18)12-19/h1-10,12,24H,11,13-14H2. The highest BCUT2D eigenvalue weighted by molar-refractivity contribution is 6.00. The highest BCUT2D eigenvalue weighted by Crippen LogP contribution is 2.36. The molecule has 0 radical (unpaired) electrons. The molecule has 0 aliphatic heterocycles. The topological polar surface area (TPSA) is 63.6 Å². The Balaban J connectivity index is 1.46. The Morgan fingerprint density at radius 3 is 2.33 bits per heavy atom. The van der Waals surface area contributed by atoms with Gasteiger partial charge in [0.25, 0.3) is 0 Å². The lowest BCUT2D eigenvalue weighted by atomic mass is 10.0. The predicted octanol–water partition coefficient (Wildman–Crippen LogP) is 3.79. The average Bonchev–Trinajstić information content (AvgIpc) is 3.09. The summed E-state index contributed by atoms with van der Waals surface area (Å²) in [5.74, 6) is -0.790. The smallest absolute Gasteiger partial charge is 0.338 e. The molecule has 0 unspecified atom stereocenters. The quantitative estimate of drug-likeness (QED) is 0.435. The third-order valence-electron chi connectivity index (χ3n) is 4.83. The van der Waals surface area contributed by atoms with Crippen molar-refractivity contribution in [2.75, 3.05) is 6.61 Å². The van der Waals surface area contributed by atoms with Crippen LogP contribution in [0.15, 0.2) is 66.7 Å². The van der Waals surface area contributed by atoms with Crippen molar-refractivity contribution in [3.05, 3.63) is 94.5 Å². The molecule has 1 aliphatic carbocycles. The van der Waals surface area contributed by atoms with Crippen molar-refractivity contribution in [2.24, 2.45) is 0 Å². The molecule has 0 aromatic heterocycles. The van der Waals surface area contributed by atoms with Gasteiger partial charge in [0.05, 0.1) is 12.2 Å². The highest BCUT2D eigenvalue weighted by atomic mass is 16.5. The van der Waals surface area contributed by atoms with Crippen molar-refractivity contribution in [2.45, 2.75) is 13.0 Å². The van der Waals surface area contributed by atoms with E-state index < -0.39 is 5.97 Å². The van der Waals surface area contributed by atoms with E-state index in [2.05, 4.69) is 12.1 Å². The van der Waals surface area contributed by atoms with Gasteiger partial charge in [-0.3, -0.25) is 4.79 Å². The first-order valence-electron chi connectivity index (χ1n) is 8.77. The third kappa shape index (κ3) is 3.39. The van der Waals surface area contributed by atoms with Gasteiger partial charge in [-0.25, -0.2) is 4.79 Å². The summed E-state index contributed by atoms with van der Waals surface area (Å²) in [6, 6.07) is 20.3. The van der Waals surface area contributed by atoms with Crippen LogP contribution in [0.1, 0.15) is 37.4 Å². The Kier molecular flexibility index (Phi) is 4.57. The number of rotatable bonds is 5. The van der Waals surface area contributed by atoms with Crippen molar-refractivity contribution in [1.82, 2.24) is 0 Å². The zero-order valence-electron chi connectivity index (χ0n) is 14.6. The maximum absolute atomic E-state index is 12.5. The monoisotopic (exact) mass is 358 g/mol. The van der Waals surface area contributed by atoms with Crippen molar-refractivity contribution in [1.29, 1.82) is 0 Å². The number of hydrogen-bond acceptors (Lipinski definition) is 4. The van der Waals surface area contributed by atoms with Crippen molar-refractivity contribution in [3.8, 4) is 11.1 Å². The Bertz CT molecular complexity index is 1020. The third-order valence-corrected chi connectivity index (χ3v) is 4.83. The van der Waals surface area contributed by atoms with E-state index in [4.69, 9.17) is 9.84 Å². The second kappa shape index (κ2) is 7.17. The number of aliphatic hydroxyl groups is 1. The van der Waals surface area contributed by atoms with E-state index in [0.717, 1.165) is 17.5 Å². The number of benzene rings is 3. The van der Waals surface area contributed by atoms with E-state index in [-0.39, 0.29) is 19.0 Å². The number of ketones is 1. The van der Waals surface area contributed by atoms with Crippen LogP contribution in [0.5, 0.6) is 0 Å². The molecule has 0 amide bonds. The molecule has 27 heavy (non-hydrogen) atoms. The van der Waals surface area contributed by atoms with Gasteiger partial charge in [0.2, 0.25) is 0 Å². The summed E-state index contributed by atoms with van der Waals surface area (Å²) in [7, 11) is 0. The number of Topliss-reactive ketones (excluding diaryl/α,β-unsaturated/α-hetero) is 1. The Labute approximate surface area is 157 Å². The van der Waals surface area contributed by atoms with Gasteiger partial charge in [-0.15, -0.1) is 0 Å². The molecule has 4 heteroatoms. The lowest BCUT2D eigenvalue weighted by molar-refractivity contribution is 0.0474. The molecule has 0 saturated heterocycles. The van der Waals surface area contributed by atoms with E-state index in [9.17, 15) is 9.59 Å². The van der Waals surface area contributed by atoms with E-state index in [1.807, 2.05) is 24.3 Å². The van der Waals surface area contributed by atoms with Crippen LogP contribution in [0, 0.1) is 0 Å². The summed E-state index contributed by atoms with van der Waals surface area (Å²) in [5.41, 5.74) is 6.28. The lowest BCUT2D eigenvalue weighted by Gasteiger charge is -2.07. The van der Waals surface area contributed by atoms with Crippen molar-refractivity contribution < 1.29 is 19.4 Å². The van der Waals surface area contributed by atoms with Crippen molar-refractivity contribution >= 4 is 11.8 Å². The molecule has 0 saturated carbocycles. The van der Waals surface area contributed by atoms with Gasteiger partial charge < -0.3 is 9.84 Å². The summed E-state index contributed by atoms with van der Waals surface area (Å²) in [4.78, 5) is 24.6. The number of hydrogen-bond donors (Lipinski definition) is 1. The molecule has 4 nitrogen and oxygen atoms in total. The second-order valence-electron chi connectivity index (χ2n) is 6.56. The molecule has 3 aromatic rings. The average molecular weight is 358 g/mol. The van der Waals surface area contributed by atoms with Crippen LogP contribution in [0.2, 0.25) is 0 Å². The fourth-order valence-electron chi connectivity index (χ4n) is 3.34. The van der Waals surface area contributed by atoms with Crippen LogP contribution in [-0.4, -0.2) is 23.5 Å². The first kappa shape index (κ1) is 17.2. The van der Waals surface area contributed by atoms with E-state index in [1.165, 1.54) is 11.1 Å². The number of esters is 1. The fourth-order valence-corrected chi connectivity index (χ4v) is 3.34. The maximum atomic E-state index is 12.5. The summed E-state index contributed by atoms with van der Waals surface area (Å²) in [6.45, 7) is -0.393. The molecule has 3 aromatic carbocycles. The molecule has 1 aliphatic rings. The number of aliphatic hydroxyl groups excluding tert-OH is 1. The Morgan fingerprint density at radius 1 is 0.852 bits per heavy atom. The van der Waals surface area contributed by atoms with Gasteiger partial charge in [-0.05, 0) is 52.4 Å². The first-order valence-corrected chi connectivity index (χ1v) is 8.77. The molecular weight excluding hydrogens is 340 g/mol. The number of fused-ring (bicyclic) bond motifs is 3. The zero-order chi connectivity index (χ0) is 18.8. The molecule has 0 spiro atoms. The van der Waals surface area contributed by atoms with Crippen LogP contribution in [0.3, 0.4) is 0 Å². The maximum Gasteiger partial charge on any atom is 0.338 e. The summed E-state index contributed by atoms with van der Waals surface area (Å²) in [6.07, 6.45) is 0.874. The van der Waals surface area contributed by atoms with Crippen LogP contribution in [0.4, 0.5) is 0 Å². The van der Waals surface area contributed by atoms with Crippen LogP contribution < -0.4 is 0 Å². The molecule has 1 N–H and O–H groups in total. The molecule has 0 atom stereocenters. The summed E-state index contributed by atoms with van der Waals surface area (Å²) in [5, 5.41) is 9.04. The van der Waals surface area contributed by atoms with E-state index >= 15 is 0 Å². The highest BCUT2D eigenvalue weighted by Gasteiger charge is 2.20. The largest absolute Gasteiger partial charge is 0.454 e. The van der Waals surface area contributed by atoms with Gasteiger partial charge in [0.15, 0.2) is 12.4 Å². The summed E-state index contributed by atoms with van der Waals surface area (Å²) >= 11 is 0. The molecular formula is C23H18O4. The zero-order valence-corrected chi connectivity index (χ0v) is 14.6. The summed E-state index contributed by atoms with van der Waals surface area (Å²) < 4.78 is 5.16. The SMILES string of the molecule is O=C(COC(=O)c1ccc(CO)cc1)c1ccc2c(c1)-c1ccccc1C2. The van der Waals surface area contributed by atoms with E-state index in [0.29, 0.717) is 16.7 Å². The van der Waals surface area contributed by atoms with Crippen molar-refractivity contribution in [3.63, 3.8) is 0 Å². The molecule has 0 fully saturated rings. The van der Waals surface area contributed by atoms with E-state index in [1.54, 1.807) is 30.3 Å².